The van der Waals surface area contributed by atoms with E-state index in [9.17, 15) is 8.42 Å². The number of furan rings is 1. The van der Waals surface area contributed by atoms with Crippen molar-refractivity contribution in [3.8, 4) is 5.75 Å². The lowest BCUT2D eigenvalue weighted by molar-refractivity contribution is 0.546. The van der Waals surface area contributed by atoms with Crippen molar-refractivity contribution >= 4 is 71.1 Å². The van der Waals surface area contributed by atoms with Crippen LogP contribution in [0.15, 0.2) is 131 Å². The molecule has 0 N–H and O–H groups in total. The summed E-state index contributed by atoms with van der Waals surface area (Å²) in [6.45, 7) is 6.06. The molecule has 0 amide bonds. The van der Waals surface area contributed by atoms with Gasteiger partial charge in [0.25, 0.3) is 10.0 Å². The first-order valence-corrected chi connectivity index (χ1v) is 18.3. The number of rotatable bonds is 6. The molecule has 4 aromatic carbocycles. The van der Waals surface area contributed by atoms with Gasteiger partial charge in [-0.2, -0.15) is 8.42 Å². The number of nitrogens with zero attached hydrogens (tertiary/aromatic N) is 2. The highest BCUT2D eigenvalue weighted by atomic mass is 79.9. The first-order valence-electron chi connectivity index (χ1n) is 13.5. The van der Waals surface area contributed by atoms with E-state index in [4.69, 9.17) is 13.1 Å². The molecule has 1 atom stereocenters. The summed E-state index contributed by atoms with van der Waals surface area (Å²) in [5.74, 6) is 2.95. The molecule has 0 fully saturated rings. The summed E-state index contributed by atoms with van der Waals surface area (Å²) in [5.41, 5.74) is 2.90. The summed E-state index contributed by atoms with van der Waals surface area (Å²) in [5, 5.41) is 1.74. The molecule has 1 aliphatic heterocycles. The van der Waals surface area contributed by atoms with Gasteiger partial charge in [0.05, 0.1) is 9.37 Å². The highest BCUT2D eigenvalue weighted by molar-refractivity contribution is 9.11. The van der Waals surface area contributed by atoms with Crippen LogP contribution in [0.5, 0.6) is 5.75 Å². The number of fused-ring (bicyclic) bond motifs is 2. The van der Waals surface area contributed by atoms with Crippen molar-refractivity contribution < 1.29 is 17.4 Å². The average molecular weight is 740 g/mol. The molecule has 0 bridgehead atoms. The van der Waals surface area contributed by atoms with Crippen LogP contribution in [0.3, 0.4) is 0 Å². The number of hydrogen-bond acceptors (Lipinski definition) is 5. The third-order valence-electron chi connectivity index (χ3n) is 7.66. The van der Waals surface area contributed by atoms with Crippen molar-refractivity contribution in [2.45, 2.75) is 31.1 Å². The van der Waals surface area contributed by atoms with Crippen molar-refractivity contribution in [3.05, 3.63) is 129 Å². The molecule has 220 valence electrons. The van der Waals surface area contributed by atoms with Crippen LogP contribution < -0.4 is 14.9 Å². The van der Waals surface area contributed by atoms with Crippen LogP contribution in [0, 0.1) is 6.92 Å². The smallest absolute Gasteiger partial charge is 0.284 e. The minimum absolute atomic E-state index is 0.0815. The molecule has 43 heavy (non-hydrogen) atoms. The molecule has 0 spiro atoms. The van der Waals surface area contributed by atoms with Gasteiger partial charge in [-0.15, -0.1) is 4.15 Å². The maximum absolute atomic E-state index is 14.3. The van der Waals surface area contributed by atoms with Crippen LogP contribution in [0.2, 0.25) is 0 Å². The van der Waals surface area contributed by atoms with Crippen molar-refractivity contribution in [2.24, 2.45) is 4.15 Å². The molecular weight excluding hydrogens is 711 g/mol. The monoisotopic (exact) mass is 738 g/mol. The largest absolute Gasteiger partial charge is 0.456 e. The highest BCUT2D eigenvalue weighted by Crippen LogP contribution is 2.59. The van der Waals surface area contributed by atoms with E-state index in [1.807, 2.05) is 68.3 Å². The van der Waals surface area contributed by atoms with Crippen LogP contribution in [0.25, 0.3) is 10.8 Å². The molecule has 1 aromatic heterocycles. The van der Waals surface area contributed by atoms with Crippen LogP contribution in [-0.2, 0) is 15.4 Å². The zero-order valence-corrected chi connectivity index (χ0v) is 28.8. The standard InChI is InChI=1S/C33H29Br2N2O4PS/c1-22-13-18-32(40-22)42(41-30-17-15-25(34)20-28(30)35,21-31-33(2,3)27-11-7-8-12-29(27)37(31)4)36-43(38,39)26-16-14-23-9-5-6-10-24(23)19-26/h5-21H,1-4H3/b31-21+. The summed E-state index contributed by atoms with van der Waals surface area (Å²) >= 11 is 7.11. The highest BCUT2D eigenvalue weighted by Gasteiger charge is 2.42. The van der Waals surface area contributed by atoms with E-state index in [0.29, 0.717) is 21.5 Å². The first-order chi connectivity index (χ1) is 20.4. The van der Waals surface area contributed by atoms with E-state index in [1.54, 1.807) is 36.4 Å². The van der Waals surface area contributed by atoms with Gasteiger partial charge in [0.15, 0.2) is 5.50 Å². The van der Waals surface area contributed by atoms with E-state index in [2.05, 4.69) is 62.7 Å². The normalized spacial score (nSPS) is 16.7. The van der Waals surface area contributed by atoms with Crippen LogP contribution in [-0.4, -0.2) is 15.5 Å². The molecule has 10 heteroatoms. The number of benzene rings is 4. The third kappa shape index (κ3) is 5.53. The zero-order valence-electron chi connectivity index (χ0n) is 24.0. The Morgan fingerprint density at radius 3 is 2.33 bits per heavy atom. The molecule has 6 nitrogen and oxygen atoms in total. The Balaban J connectivity index is 1.67. The molecule has 0 saturated carbocycles. The van der Waals surface area contributed by atoms with Crippen molar-refractivity contribution in [1.29, 1.82) is 0 Å². The fraction of sp³-hybridized carbons (Fsp3) is 0.152. The average Bonchev–Trinajstić information content (AvgIpc) is 3.50. The summed E-state index contributed by atoms with van der Waals surface area (Å²) < 4.78 is 47.9. The molecule has 1 unspecified atom stereocenters. The summed E-state index contributed by atoms with van der Waals surface area (Å²) in [7, 11) is -5.88. The molecule has 1 aliphatic rings. The Kier molecular flexibility index (Phi) is 7.74. The van der Waals surface area contributed by atoms with Crippen molar-refractivity contribution in [3.63, 3.8) is 0 Å². The maximum Gasteiger partial charge on any atom is 0.284 e. The topological polar surface area (TPSA) is 72.1 Å². The summed E-state index contributed by atoms with van der Waals surface area (Å²) in [6, 6.07) is 29.9. The van der Waals surface area contributed by atoms with Crippen LogP contribution in [0.1, 0.15) is 25.2 Å². The maximum atomic E-state index is 14.3. The number of likely N-dealkylation sites (N-methyl/N-ethyl adjacent to an activating group) is 1. The molecular formula is C33H29Br2N2O4PS. The Labute approximate surface area is 268 Å². The molecule has 5 aromatic rings. The van der Waals surface area contributed by atoms with E-state index in [0.717, 1.165) is 32.2 Å². The second kappa shape index (κ2) is 11.1. The molecule has 0 saturated heterocycles. The number of para-hydroxylation sites is 1. The van der Waals surface area contributed by atoms with Gasteiger partial charge in [-0.1, -0.05) is 78.3 Å². The molecule has 0 radical (unpaired) electrons. The Morgan fingerprint density at radius 1 is 0.907 bits per heavy atom. The SMILES string of the molecule is Cc1ccc(P(/C=C2/N(C)c3ccccc3C2(C)C)(=NS(=O)(=O)c2ccc3ccccc3c2)Oc2ccc(Br)cc2Br)o1. The van der Waals surface area contributed by atoms with Gasteiger partial charge in [0.1, 0.15) is 11.5 Å². The van der Waals surface area contributed by atoms with Gasteiger partial charge in [-0.25, -0.2) is 0 Å². The predicted molar refractivity (Wildman–Crippen MR) is 182 cm³/mol. The Hall–Kier alpha value is -3.10. The number of aryl methyl sites for hydroxylation is 1. The van der Waals surface area contributed by atoms with Crippen molar-refractivity contribution in [1.82, 2.24) is 0 Å². The van der Waals surface area contributed by atoms with Gasteiger partial charge in [-0.05, 0) is 87.7 Å². The summed E-state index contributed by atoms with van der Waals surface area (Å²) in [6.07, 6.45) is 0. The van der Waals surface area contributed by atoms with Gasteiger partial charge in [0.2, 0.25) is 7.28 Å². The van der Waals surface area contributed by atoms with Crippen molar-refractivity contribution in [2.75, 3.05) is 11.9 Å². The lowest BCUT2D eigenvalue weighted by Crippen LogP contribution is -2.24. The molecule has 2 heterocycles. The fourth-order valence-corrected chi connectivity index (χ4v) is 11.6. The molecule has 0 aliphatic carbocycles. The van der Waals surface area contributed by atoms with Gasteiger partial charge in [-0.3, -0.25) is 0 Å². The van der Waals surface area contributed by atoms with Crippen LogP contribution >= 0.6 is 39.1 Å². The number of halogens is 2. The van der Waals surface area contributed by atoms with Gasteiger partial charge < -0.3 is 13.8 Å². The van der Waals surface area contributed by atoms with Gasteiger partial charge in [0, 0.05) is 34.1 Å². The molecule has 6 rings (SSSR count). The number of anilines is 1. The summed E-state index contributed by atoms with van der Waals surface area (Å²) in [4.78, 5) is 2.16. The Morgan fingerprint density at radius 2 is 1.63 bits per heavy atom. The lowest BCUT2D eigenvalue weighted by Gasteiger charge is -2.28. The quantitative estimate of drug-likeness (QED) is 0.162. The minimum Gasteiger partial charge on any atom is -0.456 e. The zero-order chi connectivity index (χ0) is 30.6. The minimum atomic E-state index is -4.25. The Bertz CT molecular complexity index is 2090. The van der Waals surface area contributed by atoms with E-state index in [-0.39, 0.29) is 4.90 Å². The lowest BCUT2D eigenvalue weighted by atomic mass is 9.84. The van der Waals surface area contributed by atoms with Crippen LogP contribution in [0.4, 0.5) is 5.69 Å². The predicted octanol–water partition coefficient (Wildman–Crippen LogP) is 9.74. The second-order valence-electron chi connectivity index (χ2n) is 11.0. The second-order valence-corrected chi connectivity index (χ2v) is 16.9. The fourth-order valence-electron chi connectivity index (χ4n) is 5.44. The number of sulfonamides is 1. The van der Waals surface area contributed by atoms with E-state index < -0.39 is 22.7 Å². The first kappa shape index (κ1) is 29.9. The van der Waals surface area contributed by atoms with E-state index >= 15 is 0 Å². The number of hydrogen-bond donors (Lipinski definition) is 0. The third-order valence-corrected chi connectivity index (χ3v) is 13.4. The number of allylic oxidation sites excluding steroid dienone is 1. The van der Waals surface area contributed by atoms with E-state index in [1.165, 1.54) is 0 Å². The van der Waals surface area contributed by atoms with Gasteiger partial charge >= 0.3 is 0 Å².